The Morgan fingerprint density at radius 3 is 2.55 bits per heavy atom. The van der Waals surface area contributed by atoms with Crippen molar-refractivity contribution in [3.63, 3.8) is 0 Å². The Bertz CT molecular complexity index is 978. The van der Waals surface area contributed by atoms with Crippen LogP contribution in [0.5, 0.6) is 5.75 Å². The van der Waals surface area contributed by atoms with Gasteiger partial charge in [-0.3, -0.25) is 14.6 Å². The van der Waals surface area contributed by atoms with Crippen LogP contribution < -0.4 is 15.4 Å². The number of rotatable bonds is 7. The lowest BCUT2D eigenvalue weighted by Crippen LogP contribution is -2.31. The Labute approximate surface area is 173 Å². The van der Waals surface area contributed by atoms with Gasteiger partial charge in [0, 0.05) is 24.0 Å². The first-order valence-electron chi connectivity index (χ1n) is 9.02. The number of ether oxygens (including phenoxy) is 1. The Kier molecular flexibility index (Phi) is 6.81. The number of benzene rings is 2. The monoisotopic (exact) mass is 409 g/mol. The Hall–Kier alpha value is -3.38. The van der Waals surface area contributed by atoms with Crippen LogP contribution in [-0.2, 0) is 11.3 Å². The first-order valence-corrected chi connectivity index (χ1v) is 9.40. The van der Waals surface area contributed by atoms with E-state index < -0.39 is 6.10 Å². The maximum atomic E-state index is 12.6. The number of carbonyl (C=O) groups excluding carboxylic acids is 2. The molecule has 7 heteroatoms. The molecule has 0 aliphatic heterocycles. The van der Waals surface area contributed by atoms with Crippen molar-refractivity contribution in [1.82, 2.24) is 10.3 Å². The molecule has 0 saturated heterocycles. The Morgan fingerprint density at radius 2 is 1.83 bits per heavy atom. The number of nitrogens with one attached hydrogen (secondary N) is 2. The SMILES string of the molecule is C[C@H](Oc1ccc(Cl)cc1)C(=O)Nc1ccccc1C(=O)NCc1cccnc1. The van der Waals surface area contributed by atoms with Gasteiger partial charge in [-0.2, -0.15) is 0 Å². The van der Waals surface area contributed by atoms with Gasteiger partial charge < -0.3 is 15.4 Å². The molecular formula is C22H20ClN3O3. The van der Waals surface area contributed by atoms with E-state index in [1.807, 2.05) is 6.07 Å². The number of carbonyl (C=O) groups is 2. The van der Waals surface area contributed by atoms with Crippen molar-refractivity contribution in [3.8, 4) is 5.75 Å². The molecule has 0 unspecified atom stereocenters. The molecule has 0 saturated carbocycles. The molecule has 2 aromatic carbocycles. The van der Waals surface area contributed by atoms with E-state index in [0.717, 1.165) is 5.56 Å². The van der Waals surface area contributed by atoms with Crippen LogP contribution in [0.15, 0.2) is 73.1 Å². The average molecular weight is 410 g/mol. The number of anilines is 1. The summed E-state index contributed by atoms with van der Waals surface area (Å²) in [5.74, 6) is -0.136. The van der Waals surface area contributed by atoms with Gasteiger partial charge in [-0.15, -0.1) is 0 Å². The second-order valence-electron chi connectivity index (χ2n) is 6.29. The predicted molar refractivity (Wildman–Crippen MR) is 112 cm³/mol. The van der Waals surface area contributed by atoms with Gasteiger partial charge in [-0.25, -0.2) is 0 Å². The summed E-state index contributed by atoms with van der Waals surface area (Å²) in [5, 5.41) is 6.17. The van der Waals surface area contributed by atoms with Crippen molar-refractivity contribution in [1.29, 1.82) is 0 Å². The summed E-state index contributed by atoms with van der Waals surface area (Å²) in [4.78, 5) is 29.1. The van der Waals surface area contributed by atoms with Crippen LogP contribution in [0, 0.1) is 0 Å². The number of para-hydroxylation sites is 1. The number of hydrogen-bond acceptors (Lipinski definition) is 4. The van der Waals surface area contributed by atoms with Gasteiger partial charge in [-0.05, 0) is 55.0 Å². The first kappa shape index (κ1) is 20.4. The van der Waals surface area contributed by atoms with E-state index in [1.54, 1.807) is 73.9 Å². The minimum absolute atomic E-state index is 0.295. The molecule has 1 atom stereocenters. The van der Waals surface area contributed by atoms with Crippen molar-refractivity contribution < 1.29 is 14.3 Å². The minimum Gasteiger partial charge on any atom is -0.481 e. The number of nitrogens with zero attached hydrogens (tertiary/aromatic N) is 1. The number of halogens is 1. The summed E-state index contributed by atoms with van der Waals surface area (Å²) in [7, 11) is 0. The molecule has 148 valence electrons. The zero-order valence-corrected chi connectivity index (χ0v) is 16.5. The van der Waals surface area contributed by atoms with Gasteiger partial charge in [0.15, 0.2) is 6.10 Å². The third-order valence-corrected chi connectivity index (χ3v) is 4.35. The minimum atomic E-state index is -0.761. The Balaban J connectivity index is 1.63. The van der Waals surface area contributed by atoms with Gasteiger partial charge in [0.25, 0.3) is 11.8 Å². The highest BCUT2D eigenvalue weighted by atomic mass is 35.5. The van der Waals surface area contributed by atoms with E-state index in [-0.39, 0.29) is 11.8 Å². The lowest BCUT2D eigenvalue weighted by Gasteiger charge is -2.16. The molecule has 3 aromatic rings. The van der Waals surface area contributed by atoms with E-state index >= 15 is 0 Å². The lowest BCUT2D eigenvalue weighted by atomic mass is 10.1. The molecule has 1 aromatic heterocycles. The zero-order chi connectivity index (χ0) is 20.6. The van der Waals surface area contributed by atoms with Crippen molar-refractivity contribution in [2.24, 2.45) is 0 Å². The van der Waals surface area contributed by atoms with Crippen molar-refractivity contribution in [3.05, 3.63) is 89.2 Å². The number of amides is 2. The molecule has 6 nitrogen and oxygen atoms in total. The maximum absolute atomic E-state index is 12.6. The topological polar surface area (TPSA) is 80.3 Å². The summed E-state index contributed by atoms with van der Waals surface area (Å²) in [5.41, 5.74) is 1.66. The van der Waals surface area contributed by atoms with Gasteiger partial charge in [0.05, 0.1) is 11.3 Å². The molecule has 0 bridgehead atoms. The van der Waals surface area contributed by atoms with Gasteiger partial charge in [-0.1, -0.05) is 29.8 Å². The fourth-order valence-corrected chi connectivity index (χ4v) is 2.70. The second-order valence-corrected chi connectivity index (χ2v) is 6.73. The molecule has 0 fully saturated rings. The van der Waals surface area contributed by atoms with E-state index in [4.69, 9.17) is 16.3 Å². The van der Waals surface area contributed by atoms with Crippen LogP contribution in [0.2, 0.25) is 5.02 Å². The molecular weight excluding hydrogens is 390 g/mol. The maximum Gasteiger partial charge on any atom is 0.265 e. The fraction of sp³-hybridized carbons (Fsp3) is 0.136. The quantitative estimate of drug-likeness (QED) is 0.616. The van der Waals surface area contributed by atoms with Crippen LogP contribution >= 0.6 is 11.6 Å². The van der Waals surface area contributed by atoms with E-state index in [0.29, 0.717) is 28.6 Å². The first-order chi connectivity index (χ1) is 14.0. The molecule has 2 amide bonds. The molecule has 1 heterocycles. The number of hydrogen-bond donors (Lipinski definition) is 2. The second kappa shape index (κ2) is 9.71. The fourth-order valence-electron chi connectivity index (χ4n) is 2.58. The number of aromatic nitrogens is 1. The van der Waals surface area contributed by atoms with E-state index in [9.17, 15) is 9.59 Å². The van der Waals surface area contributed by atoms with E-state index in [2.05, 4.69) is 15.6 Å². The summed E-state index contributed by atoms with van der Waals surface area (Å²) in [6.07, 6.45) is 2.59. The van der Waals surface area contributed by atoms with Crippen LogP contribution in [0.3, 0.4) is 0 Å². The van der Waals surface area contributed by atoms with Crippen molar-refractivity contribution >= 4 is 29.1 Å². The molecule has 0 aliphatic carbocycles. The zero-order valence-electron chi connectivity index (χ0n) is 15.8. The lowest BCUT2D eigenvalue weighted by molar-refractivity contribution is -0.122. The van der Waals surface area contributed by atoms with Crippen LogP contribution in [-0.4, -0.2) is 22.9 Å². The highest BCUT2D eigenvalue weighted by molar-refractivity contribution is 6.30. The summed E-state index contributed by atoms with van der Waals surface area (Å²) in [6, 6.07) is 17.2. The molecule has 29 heavy (non-hydrogen) atoms. The Morgan fingerprint density at radius 1 is 1.07 bits per heavy atom. The van der Waals surface area contributed by atoms with Crippen LogP contribution in [0.1, 0.15) is 22.8 Å². The summed E-state index contributed by atoms with van der Waals surface area (Å²) < 4.78 is 5.63. The number of pyridine rings is 1. The molecule has 0 aliphatic rings. The molecule has 2 N–H and O–H groups in total. The van der Waals surface area contributed by atoms with E-state index in [1.165, 1.54) is 0 Å². The molecule has 3 rings (SSSR count). The van der Waals surface area contributed by atoms with Crippen LogP contribution in [0.4, 0.5) is 5.69 Å². The normalized spacial score (nSPS) is 11.4. The molecule has 0 spiro atoms. The van der Waals surface area contributed by atoms with Gasteiger partial charge in [0.1, 0.15) is 5.75 Å². The summed E-state index contributed by atoms with van der Waals surface area (Å²) in [6.45, 7) is 1.97. The van der Waals surface area contributed by atoms with Crippen LogP contribution in [0.25, 0.3) is 0 Å². The largest absolute Gasteiger partial charge is 0.481 e. The van der Waals surface area contributed by atoms with Crippen molar-refractivity contribution in [2.45, 2.75) is 19.6 Å². The average Bonchev–Trinajstić information content (AvgIpc) is 2.74. The third-order valence-electron chi connectivity index (χ3n) is 4.10. The smallest absolute Gasteiger partial charge is 0.265 e. The van der Waals surface area contributed by atoms with Crippen molar-refractivity contribution in [2.75, 3.05) is 5.32 Å². The highest BCUT2D eigenvalue weighted by Crippen LogP contribution is 2.19. The third kappa shape index (κ3) is 5.80. The van der Waals surface area contributed by atoms with Gasteiger partial charge in [0.2, 0.25) is 0 Å². The highest BCUT2D eigenvalue weighted by Gasteiger charge is 2.18. The standard InChI is InChI=1S/C22H20ClN3O3/c1-15(29-18-10-8-17(23)9-11-18)21(27)26-20-7-3-2-6-19(20)22(28)25-14-16-5-4-12-24-13-16/h2-13,15H,14H2,1H3,(H,25,28)(H,26,27)/t15-/m0/s1. The van der Waals surface area contributed by atoms with Gasteiger partial charge >= 0.3 is 0 Å². The molecule has 0 radical (unpaired) electrons. The predicted octanol–water partition coefficient (Wildman–Crippen LogP) is 4.07. The summed E-state index contributed by atoms with van der Waals surface area (Å²) >= 11 is 5.85.